The van der Waals surface area contributed by atoms with E-state index in [9.17, 15) is 9.47 Å². The van der Waals surface area contributed by atoms with Gasteiger partial charge in [0, 0.05) is 4.95 Å². The summed E-state index contributed by atoms with van der Waals surface area (Å²) in [6, 6.07) is 6.16. The molecule has 0 heterocycles. The summed E-state index contributed by atoms with van der Waals surface area (Å²) in [5.41, 5.74) is 2.22. The number of nitrogens with zero attached hydrogens (tertiary/aromatic N) is 1. The van der Waals surface area contributed by atoms with E-state index in [2.05, 4.69) is 41.5 Å². The normalized spacial score (nSPS) is 22.5. The zero-order valence-corrected chi connectivity index (χ0v) is 14.9. The van der Waals surface area contributed by atoms with Crippen molar-refractivity contribution in [2.24, 2.45) is 16.8 Å². The Balaban J connectivity index is 1.84. The zero-order valence-electron chi connectivity index (χ0n) is 14.1. The maximum absolute atomic E-state index is 11.2. The number of para-hydroxylation sites is 1. The Morgan fingerprint density at radius 1 is 1.17 bits per heavy atom. The quantitative estimate of drug-likeness (QED) is 0.386. The number of hydrogen-bond acceptors (Lipinski definition) is 4. The van der Waals surface area contributed by atoms with E-state index in [4.69, 9.17) is 9.63 Å². The Labute approximate surface area is 142 Å². The van der Waals surface area contributed by atoms with E-state index in [1.165, 1.54) is 25.7 Å². The lowest BCUT2D eigenvalue weighted by Gasteiger charge is -2.22. The summed E-state index contributed by atoms with van der Waals surface area (Å²) in [6.45, 7) is 3.92. The van der Waals surface area contributed by atoms with Gasteiger partial charge in [-0.15, -0.1) is 4.91 Å². The largest absolute Gasteiger partial charge is 0.490 e. The highest BCUT2D eigenvalue weighted by Crippen LogP contribution is 2.50. The molecule has 2 fully saturated rings. The van der Waals surface area contributed by atoms with Crippen LogP contribution in [0.25, 0.3) is 0 Å². The van der Waals surface area contributed by atoms with E-state index in [1.54, 1.807) is 0 Å². The van der Waals surface area contributed by atoms with E-state index in [0.29, 0.717) is 23.7 Å². The summed E-state index contributed by atoms with van der Waals surface area (Å²) in [5, 5.41) is 0. The second kappa shape index (κ2) is 6.95. The first-order chi connectivity index (χ1) is 11.4. The summed E-state index contributed by atoms with van der Waals surface area (Å²) in [7, 11) is -4.46. The average molecular weight is 353 g/mol. The molecule has 0 aromatic heterocycles. The number of hydrogen-bond donors (Lipinski definition) is 1. The van der Waals surface area contributed by atoms with Gasteiger partial charge in [0.05, 0.1) is 0 Å². The van der Waals surface area contributed by atoms with Crippen LogP contribution in [-0.4, -0.2) is 11.7 Å². The lowest BCUT2D eigenvalue weighted by Crippen LogP contribution is -2.10. The molecule has 3 unspecified atom stereocenters. The van der Waals surface area contributed by atoms with Gasteiger partial charge in [-0.1, -0.05) is 32.0 Å². The van der Waals surface area contributed by atoms with Crippen LogP contribution in [0.15, 0.2) is 23.1 Å². The van der Waals surface area contributed by atoms with Crippen molar-refractivity contribution in [1.29, 1.82) is 0 Å². The SMILES string of the molecule is CC(c1cccc(C(C)C2CC2)c1OCOP(=O)(O)N=O)C1CC1. The molecule has 24 heavy (non-hydrogen) atoms. The molecular weight excluding hydrogens is 329 g/mol. The van der Waals surface area contributed by atoms with Crippen LogP contribution in [0.3, 0.4) is 0 Å². The Kier molecular flexibility index (Phi) is 5.09. The van der Waals surface area contributed by atoms with Gasteiger partial charge in [-0.25, -0.2) is 4.57 Å². The van der Waals surface area contributed by atoms with Crippen molar-refractivity contribution in [3.05, 3.63) is 34.2 Å². The molecule has 1 aromatic rings. The van der Waals surface area contributed by atoms with E-state index in [0.717, 1.165) is 16.9 Å². The fourth-order valence-corrected chi connectivity index (χ4v) is 3.57. The number of nitroso groups, excluding NO2 is 1. The molecule has 2 aliphatic carbocycles. The molecule has 7 heteroatoms. The van der Waals surface area contributed by atoms with Gasteiger partial charge in [0.25, 0.3) is 0 Å². The van der Waals surface area contributed by atoms with Gasteiger partial charge in [-0.2, -0.15) is 0 Å². The van der Waals surface area contributed by atoms with Gasteiger partial charge in [0.2, 0.25) is 0 Å². The standard InChI is InChI=1S/C17H24NO5P/c1-11(13-6-7-13)15-4-3-5-16(12(2)14-8-9-14)17(15)22-10-23-24(20,21)18-19/h3-5,11-14H,6-10H2,1-2H3,(H,20,21). The summed E-state index contributed by atoms with van der Waals surface area (Å²) >= 11 is 0. The van der Waals surface area contributed by atoms with E-state index in [1.807, 2.05) is 0 Å². The van der Waals surface area contributed by atoms with Crippen molar-refractivity contribution >= 4 is 7.75 Å². The summed E-state index contributed by atoms with van der Waals surface area (Å²) in [4.78, 5) is 21.5. The van der Waals surface area contributed by atoms with Crippen molar-refractivity contribution in [3.63, 3.8) is 0 Å². The highest BCUT2D eigenvalue weighted by atomic mass is 31.2. The molecule has 0 bridgehead atoms. The summed E-state index contributed by atoms with van der Waals surface area (Å²) in [5.74, 6) is 2.82. The first-order valence-electron chi connectivity index (χ1n) is 8.50. The molecule has 0 radical (unpaired) electrons. The second-order valence-corrected chi connectivity index (χ2v) is 8.38. The van der Waals surface area contributed by atoms with Gasteiger partial charge in [0.15, 0.2) is 6.79 Å². The number of rotatable bonds is 9. The van der Waals surface area contributed by atoms with Crippen LogP contribution in [0.5, 0.6) is 5.75 Å². The smallest absolute Gasteiger partial charge is 0.466 e. The molecule has 2 saturated carbocycles. The minimum atomic E-state index is -4.46. The molecule has 6 nitrogen and oxygen atoms in total. The lowest BCUT2D eigenvalue weighted by atomic mass is 9.88. The molecule has 0 aliphatic heterocycles. The third-order valence-corrected chi connectivity index (χ3v) is 5.89. The van der Waals surface area contributed by atoms with Crippen molar-refractivity contribution in [2.45, 2.75) is 51.4 Å². The molecule has 0 amide bonds. The van der Waals surface area contributed by atoms with E-state index >= 15 is 0 Å². The summed E-state index contributed by atoms with van der Waals surface area (Å²) in [6.07, 6.45) is 4.89. The van der Waals surface area contributed by atoms with Crippen LogP contribution in [0.2, 0.25) is 0 Å². The van der Waals surface area contributed by atoms with Crippen molar-refractivity contribution < 1.29 is 18.7 Å². The number of ether oxygens (including phenoxy) is 1. The fourth-order valence-electron chi connectivity index (χ4n) is 3.34. The zero-order chi connectivity index (χ0) is 17.3. The molecule has 132 valence electrons. The molecule has 0 saturated heterocycles. The number of benzene rings is 1. The fraction of sp³-hybridized carbons (Fsp3) is 0.647. The second-order valence-electron chi connectivity index (χ2n) is 6.98. The Morgan fingerprint density at radius 3 is 2.08 bits per heavy atom. The Morgan fingerprint density at radius 2 is 1.67 bits per heavy atom. The van der Waals surface area contributed by atoms with Crippen LogP contribution in [0.4, 0.5) is 0 Å². The Hall–Kier alpha value is -1.23. The lowest BCUT2D eigenvalue weighted by molar-refractivity contribution is 0.103. The van der Waals surface area contributed by atoms with Crippen LogP contribution in [0.1, 0.15) is 62.5 Å². The first kappa shape index (κ1) is 17.6. The van der Waals surface area contributed by atoms with E-state index in [-0.39, 0.29) is 0 Å². The summed E-state index contributed by atoms with van der Waals surface area (Å²) < 4.78 is 21.6. The third kappa shape index (κ3) is 4.05. The van der Waals surface area contributed by atoms with Crippen LogP contribution in [-0.2, 0) is 9.09 Å². The van der Waals surface area contributed by atoms with Crippen molar-refractivity contribution in [3.8, 4) is 5.75 Å². The molecule has 3 atom stereocenters. The van der Waals surface area contributed by atoms with Crippen molar-refractivity contribution in [2.75, 3.05) is 6.79 Å². The maximum atomic E-state index is 11.2. The highest BCUT2D eigenvalue weighted by molar-refractivity contribution is 7.51. The van der Waals surface area contributed by atoms with Gasteiger partial charge in [-0.05, 0) is 60.5 Å². The first-order valence-corrected chi connectivity index (χ1v) is 10.0. The minimum Gasteiger partial charge on any atom is -0.466 e. The van der Waals surface area contributed by atoms with Crippen molar-refractivity contribution in [1.82, 2.24) is 0 Å². The Bertz CT molecular complexity index is 620. The van der Waals surface area contributed by atoms with Crippen LogP contribution in [0, 0.1) is 16.7 Å². The molecular formula is C17H24NO5P. The predicted octanol–water partition coefficient (Wildman–Crippen LogP) is 4.93. The monoisotopic (exact) mass is 353 g/mol. The molecule has 1 N–H and O–H groups in total. The average Bonchev–Trinajstić information content (AvgIpc) is 3.45. The van der Waals surface area contributed by atoms with Crippen LogP contribution >= 0.6 is 7.75 Å². The van der Waals surface area contributed by atoms with Gasteiger partial charge in [-0.3, -0.25) is 4.52 Å². The molecule has 2 aliphatic rings. The van der Waals surface area contributed by atoms with Gasteiger partial charge >= 0.3 is 7.75 Å². The van der Waals surface area contributed by atoms with Gasteiger partial charge in [0.1, 0.15) is 5.75 Å². The third-order valence-electron chi connectivity index (χ3n) is 5.24. The van der Waals surface area contributed by atoms with Crippen LogP contribution < -0.4 is 4.74 Å². The predicted molar refractivity (Wildman–Crippen MR) is 90.9 cm³/mol. The molecule has 1 aromatic carbocycles. The maximum Gasteiger partial charge on any atom is 0.490 e. The highest BCUT2D eigenvalue weighted by Gasteiger charge is 2.35. The molecule has 3 rings (SSSR count). The minimum absolute atomic E-state index is 0.372. The van der Waals surface area contributed by atoms with Gasteiger partial charge < -0.3 is 9.63 Å². The molecule has 0 spiro atoms. The topological polar surface area (TPSA) is 85.2 Å². The van der Waals surface area contributed by atoms with E-state index < -0.39 is 14.5 Å².